The molecule has 0 aliphatic carbocycles. The number of carbonyl (C=O) groups excluding carboxylic acids is 1. The first-order valence-electron chi connectivity index (χ1n) is 10.4. The first-order chi connectivity index (χ1) is 15.2. The lowest BCUT2D eigenvalue weighted by molar-refractivity contribution is 0.133. The van der Waals surface area contributed by atoms with Crippen molar-refractivity contribution in [2.45, 2.75) is 13.0 Å². The molecular weight excluding hydrogens is 394 g/mol. The van der Waals surface area contributed by atoms with Crippen LogP contribution in [0.4, 0.5) is 4.79 Å². The molecule has 2 heterocycles. The molecular formula is C22H27N7O2. The molecule has 1 fully saturated rings. The summed E-state index contributed by atoms with van der Waals surface area (Å²) in [5.74, 6) is 1.56. The summed E-state index contributed by atoms with van der Waals surface area (Å²) >= 11 is 0. The zero-order chi connectivity index (χ0) is 21.5. The second kappa shape index (κ2) is 10.0. The lowest BCUT2D eigenvalue weighted by atomic mass is 10.1. The van der Waals surface area contributed by atoms with Crippen molar-refractivity contribution in [3.05, 3.63) is 66.0 Å². The Bertz CT molecular complexity index is 967. The summed E-state index contributed by atoms with van der Waals surface area (Å²) < 4.78 is 6.95. The van der Waals surface area contributed by atoms with E-state index in [1.165, 1.54) is 5.56 Å². The van der Waals surface area contributed by atoms with Gasteiger partial charge in [0, 0.05) is 32.7 Å². The minimum Gasteiger partial charge on any atom is -0.497 e. The normalized spacial score (nSPS) is 14.4. The number of tetrazole rings is 1. The molecule has 0 spiro atoms. The van der Waals surface area contributed by atoms with Gasteiger partial charge in [0.1, 0.15) is 5.75 Å². The number of nitrogens with zero attached hydrogens (tertiary/aromatic N) is 6. The minimum atomic E-state index is -0.00125. The number of benzene rings is 2. The maximum absolute atomic E-state index is 12.5. The number of carbonyl (C=O) groups is 1. The smallest absolute Gasteiger partial charge is 0.317 e. The third kappa shape index (κ3) is 5.37. The SMILES string of the molecule is COc1ccc(-n2nnnc2CN2CCN(C(=O)NCCc3ccccc3)CC2)cc1. The third-order valence-electron chi connectivity index (χ3n) is 5.41. The number of amides is 2. The van der Waals surface area contributed by atoms with Crippen molar-refractivity contribution in [1.29, 1.82) is 0 Å². The molecule has 9 nitrogen and oxygen atoms in total. The zero-order valence-electron chi connectivity index (χ0n) is 17.6. The van der Waals surface area contributed by atoms with E-state index in [4.69, 9.17) is 4.74 Å². The van der Waals surface area contributed by atoms with Gasteiger partial charge in [-0.1, -0.05) is 30.3 Å². The molecule has 0 unspecified atom stereocenters. The first kappa shape index (κ1) is 20.8. The fourth-order valence-electron chi connectivity index (χ4n) is 3.61. The summed E-state index contributed by atoms with van der Waals surface area (Å²) in [4.78, 5) is 16.6. The summed E-state index contributed by atoms with van der Waals surface area (Å²) in [6, 6.07) is 17.8. The maximum atomic E-state index is 12.5. The van der Waals surface area contributed by atoms with Crippen molar-refractivity contribution in [2.75, 3.05) is 39.8 Å². The molecule has 0 saturated carbocycles. The summed E-state index contributed by atoms with van der Waals surface area (Å²) in [6.07, 6.45) is 0.834. The van der Waals surface area contributed by atoms with Gasteiger partial charge in [-0.25, -0.2) is 4.79 Å². The molecule has 162 valence electrons. The molecule has 9 heteroatoms. The van der Waals surface area contributed by atoms with Crippen LogP contribution in [-0.2, 0) is 13.0 Å². The van der Waals surface area contributed by atoms with Crippen LogP contribution in [0.15, 0.2) is 54.6 Å². The predicted octanol–water partition coefficient (Wildman–Crippen LogP) is 1.74. The van der Waals surface area contributed by atoms with Crippen molar-refractivity contribution in [1.82, 2.24) is 35.3 Å². The van der Waals surface area contributed by atoms with E-state index in [0.717, 1.165) is 36.8 Å². The van der Waals surface area contributed by atoms with Crippen molar-refractivity contribution in [3.8, 4) is 11.4 Å². The molecule has 1 saturated heterocycles. The molecule has 3 aromatic rings. The molecule has 2 amide bonds. The van der Waals surface area contributed by atoms with Gasteiger partial charge >= 0.3 is 6.03 Å². The van der Waals surface area contributed by atoms with Crippen LogP contribution in [0.2, 0.25) is 0 Å². The Morgan fingerprint density at radius 2 is 1.77 bits per heavy atom. The van der Waals surface area contributed by atoms with E-state index < -0.39 is 0 Å². The number of nitrogens with one attached hydrogen (secondary N) is 1. The van der Waals surface area contributed by atoms with Crippen LogP contribution < -0.4 is 10.1 Å². The van der Waals surface area contributed by atoms with Crippen LogP contribution in [0, 0.1) is 0 Å². The Kier molecular flexibility index (Phi) is 6.73. The van der Waals surface area contributed by atoms with Gasteiger partial charge in [-0.15, -0.1) is 5.10 Å². The molecule has 0 atom stereocenters. The van der Waals surface area contributed by atoms with Gasteiger partial charge in [0.05, 0.1) is 19.3 Å². The van der Waals surface area contributed by atoms with Gasteiger partial charge in [0.15, 0.2) is 5.82 Å². The van der Waals surface area contributed by atoms with Gasteiger partial charge in [0.2, 0.25) is 0 Å². The molecule has 2 aromatic carbocycles. The Balaban J connectivity index is 1.25. The van der Waals surface area contributed by atoms with Gasteiger partial charge in [-0.3, -0.25) is 4.90 Å². The molecule has 1 aliphatic rings. The van der Waals surface area contributed by atoms with Crippen LogP contribution in [0.5, 0.6) is 5.75 Å². The van der Waals surface area contributed by atoms with Crippen molar-refractivity contribution < 1.29 is 9.53 Å². The van der Waals surface area contributed by atoms with Crippen LogP contribution in [0.1, 0.15) is 11.4 Å². The van der Waals surface area contributed by atoms with Crippen LogP contribution >= 0.6 is 0 Å². The van der Waals surface area contributed by atoms with E-state index >= 15 is 0 Å². The monoisotopic (exact) mass is 421 g/mol. The second-order valence-electron chi connectivity index (χ2n) is 7.44. The second-order valence-corrected chi connectivity index (χ2v) is 7.44. The number of rotatable bonds is 7. The number of ether oxygens (including phenoxy) is 1. The lowest BCUT2D eigenvalue weighted by Gasteiger charge is -2.34. The average Bonchev–Trinajstić information content (AvgIpc) is 3.28. The van der Waals surface area contributed by atoms with Crippen LogP contribution in [0.3, 0.4) is 0 Å². The quantitative estimate of drug-likeness (QED) is 0.625. The molecule has 1 N–H and O–H groups in total. The van der Waals surface area contributed by atoms with Gasteiger partial charge < -0.3 is 15.0 Å². The first-order valence-corrected chi connectivity index (χ1v) is 10.4. The topological polar surface area (TPSA) is 88.4 Å². The Morgan fingerprint density at radius 3 is 2.48 bits per heavy atom. The average molecular weight is 422 g/mol. The van der Waals surface area contributed by atoms with E-state index in [1.807, 2.05) is 47.4 Å². The van der Waals surface area contributed by atoms with Gasteiger partial charge in [-0.05, 0) is 46.7 Å². The van der Waals surface area contributed by atoms with E-state index in [2.05, 4.69) is 37.9 Å². The van der Waals surface area contributed by atoms with Crippen molar-refractivity contribution in [2.24, 2.45) is 0 Å². The third-order valence-corrected chi connectivity index (χ3v) is 5.41. The molecule has 0 radical (unpaired) electrons. The molecule has 31 heavy (non-hydrogen) atoms. The fraction of sp³-hybridized carbons (Fsp3) is 0.364. The highest BCUT2D eigenvalue weighted by Crippen LogP contribution is 2.16. The van der Waals surface area contributed by atoms with E-state index in [-0.39, 0.29) is 6.03 Å². The number of methoxy groups -OCH3 is 1. The highest BCUT2D eigenvalue weighted by molar-refractivity contribution is 5.74. The Hall–Kier alpha value is -3.46. The predicted molar refractivity (Wildman–Crippen MR) is 116 cm³/mol. The standard InChI is InChI=1S/C22H27N7O2/c1-31-20-9-7-19(8-10-20)29-21(24-25-26-29)17-27-13-15-28(16-14-27)22(30)23-12-11-18-5-3-2-4-6-18/h2-10H,11-17H2,1H3,(H,23,30). The van der Waals surface area contributed by atoms with Gasteiger partial charge in [0.25, 0.3) is 0 Å². The maximum Gasteiger partial charge on any atom is 0.317 e. The van der Waals surface area contributed by atoms with Crippen LogP contribution in [-0.4, -0.2) is 75.9 Å². The summed E-state index contributed by atoms with van der Waals surface area (Å²) in [7, 11) is 1.64. The number of hydrogen-bond acceptors (Lipinski definition) is 6. The van der Waals surface area contributed by atoms with E-state index in [9.17, 15) is 4.79 Å². The van der Waals surface area contributed by atoms with Crippen molar-refractivity contribution >= 4 is 6.03 Å². The van der Waals surface area contributed by atoms with E-state index in [1.54, 1.807) is 11.8 Å². The van der Waals surface area contributed by atoms with Crippen LogP contribution in [0.25, 0.3) is 5.69 Å². The molecule has 0 bridgehead atoms. The number of urea groups is 1. The highest BCUT2D eigenvalue weighted by Gasteiger charge is 2.22. The summed E-state index contributed by atoms with van der Waals surface area (Å²) in [6.45, 7) is 4.19. The Morgan fingerprint density at radius 1 is 1.03 bits per heavy atom. The molecule has 1 aliphatic heterocycles. The lowest BCUT2D eigenvalue weighted by Crippen LogP contribution is -2.51. The number of piperazine rings is 1. The summed E-state index contributed by atoms with van der Waals surface area (Å²) in [5, 5.41) is 15.2. The molecule has 1 aromatic heterocycles. The zero-order valence-corrected chi connectivity index (χ0v) is 17.6. The molecule has 4 rings (SSSR count). The fourth-order valence-corrected chi connectivity index (χ4v) is 3.61. The van der Waals surface area contributed by atoms with Gasteiger partial charge in [-0.2, -0.15) is 4.68 Å². The number of hydrogen-bond donors (Lipinski definition) is 1. The van der Waals surface area contributed by atoms with E-state index in [0.29, 0.717) is 26.2 Å². The number of aromatic nitrogens is 4. The summed E-state index contributed by atoms with van der Waals surface area (Å²) in [5.41, 5.74) is 2.11. The van der Waals surface area contributed by atoms with Crippen molar-refractivity contribution in [3.63, 3.8) is 0 Å². The highest BCUT2D eigenvalue weighted by atomic mass is 16.5. The largest absolute Gasteiger partial charge is 0.497 e. The minimum absolute atomic E-state index is 0.00125. The Labute approximate surface area is 181 Å².